The fourth-order valence-corrected chi connectivity index (χ4v) is 2.15. The van der Waals surface area contributed by atoms with Crippen LogP contribution < -0.4 is 10.6 Å². The average Bonchev–Trinajstić information content (AvgIpc) is 2.96. The summed E-state index contributed by atoms with van der Waals surface area (Å²) in [5.74, 6) is -0.368. The minimum Gasteiger partial charge on any atom is -0.444 e. The van der Waals surface area contributed by atoms with E-state index in [-0.39, 0.29) is 13.1 Å². The highest BCUT2D eigenvalue weighted by atomic mass is 19.4. The Kier molecular flexibility index (Phi) is 6.47. The molecule has 2 aromatic rings. The first-order chi connectivity index (χ1) is 12.9. The molecule has 0 saturated heterocycles. The van der Waals surface area contributed by atoms with E-state index in [0.29, 0.717) is 17.2 Å². The van der Waals surface area contributed by atoms with E-state index in [4.69, 9.17) is 4.74 Å². The molecule has 2 N–H and O–H groups in total. The summed E-state index contributed by atoms with van der Waals surface area (Å²) in [4.78, 5) is 31.6. The summed E-state index contributed by atoms with van der Waals surface area (Å²) < 4.78 is 43.1. The molecule has 0 radical (unpaired) electrons. The van der Waals surface area contributed by atoms with Crippen molar-refractivity contribution in [3.63, 3.8) is 0 Å². The zero-order chi connectivity index (χ0) is 20.9. The molecule has 0 spiro atoms. The van der Waals surface area contributed by atoms with E-state index in [1.807, 2.05) is 0 Å². The number of alkyl halides is 3. The van der Waals surface area contributed by atoms with Crippen LogP contribution in [0.4, 0.5) is 18.0 Å². The number of nitrogens with zero attached hydrogens (tertiary/aromatic N) is 3. The van der Waals surface area contributed by atoms with Crippen molar-refractivity contribution in [2.75, 3.05) is 0 Å². The van der Waals surface area contributed by atoms with Crippen molar-refractivity contribution < 1.29 is 27.5 Å². The molecule has 8 nitrogen and oxygen atoms in total. The molecule has 0 atom stereocenters. The van der Waals surface area contributed by atoms with Crippen molar-refractivity contribution >= 4 is 17.8 Å². The number of rotatable bonds is 6. The zero-order valence-corrected chi connectivity index (χ0v) is 15.8. The third-order valence-corrected chi connectivity index (χ3v) is 3.35. The predicted octanol–water partition coefficient (Wildman–Crippen LogP) is 2.71. The lowest BCUT2D eigenvalue weighted by Crippen LogP contribution is -2.32. The van der Waals surface area contributed by atoms with Crippen molar-refractivity contribution in [2.24, 2.45) is 0 Å². The number of nitrogens with one attached hydrogen (secondary N) is 2. The van der Waals surface area contributed by atoms with Gasteiger partial charge in [0, 0.05) is 18.8 Å². The Hall–Kier alpha value is -2.85. The number of halogens is 3. The summed E-state index contributed by atoms with van der Waals surface area (Å²) in [7, 11) is 0. The lowest BCUT2D eigenvalue weighted by atomic mass is 10.2. The van der Waals surface area contributed by atoms with Crippen molar-refractivity contribution in [3.05, 3.63) is 29.8 Å². The smallest absolute Gasteiger partial charge is 0.407 e. The highest BCUT2D eigenvalue weighted by Gasteiger charge is 2.27. The third kappa shape index (κ3) is 7.41. The SMILES string of the molecule is CC(C)(C)OC(=O)NCc1cn2ccc(CNC(=O)CCC(F)(F)F)nc2n1. The van der Waals surface area contributed by atoms with E-state index in [2.05, 4.69) is 20.6 Å². The zero-order valence-electron chi connectivity index (χ0n) is 15.8. The average molecular weight is 401 g/mol. The largest absolute Gasteiger partial charge is 0.444 e. The first-order valence-corrected chi connectivity index (χ1v) is 8.55. The van der Waals surface area contributed by atoms with Gasteiger partial charge in [-0.05, 0) is 26.8 Å². The molecule has 0 aliphatic rings. The molecule has 2 rings (SSSR count). The minimum absolute atomic E-state index is 0.00839. The van der Waals surface area contributed by atoms with Crippen molar-refractivity contribution in [1.82, 2.24) is 25.0 Å². The minimum atomic E-state index is -4.37. The Morgan fingerprint density at radius 2 is 1.75 bits per heavy atom. The van der Waals surface area contributed by atoms with Gasteiger partial charge in [0.15, 0.2) is 0 Å². The predicted molar refractivity (Wildman–Crippen MR) is 93.2 cm³/mol. The van der Waals surface area contributed by atoms with Crippen LogP contribution in [0.5, 0.6) is 0 Å². The van der Waals surface area contributed by atoms with Gasteiger partial charge in [0.1, 0.15) is 5.60 Å². The van der Waals surface area contributed by atoms with Crippen molar-refractivity contribution in [3.8, 4) is 0 Å². The standard InChI is InChI=1S/C17H22F3N5O3/c1-16(2,3)28-15(27)22-9-12-10-25-7-5-11(23-14(25)24-12)8-21-13(26)4-6-17(18,19)20/h5,7,10H,4,6,8-9H2,1-3H3,(H,21,26)(H,22,27). The Morgan fingerprint density at radius 3 is 2.39 bits per heavy atom. The van der Waals surface area contributed by atoms with Crippen LogP contribution in [-0.4, -0.2) is 38.1 Å². The van der Waals surface area contributed by atoms with Crippen LogP contribution >= 0.6 is 0 Å². The number of carbonyl (C=O) groups is 2. The summed E-state index contributed by atoms with van der Waals surface area (Å²) in [6.45, 7) is 5.40. The Morgan fingerprint density at radius 1 is 1.11 bits per heavy atom. The van der Waals surface area contributed by atoms with Gasteiger partial charge in [0.05, 0.1) is 30.9 Å². The van der Waals surface area contributed by atoms with E-state index in [1.54, 1.807) is 43.6 Å². The Labute approximate surface area is 159 Å². The quantitative estimate of drug-likeness (QED) is 0.776. The number of hydrogen-bond donors (Lipinski definition) is 2. The van der Waals surface area contributed by atoms with Crippen molar-refractivity contribution in [1.29, 1.82) is 0 Å². The van der Waals surface area contributed by atoms with E-state index in [9.17, 15) is 22.8 Å². The van der Waals surface area contributed by atoms with Gasteiger partial charge < -0.3 is 15.4 Å². The third-order valence-electron chi connectivity index (χ3n) is 3.35. The molecule has 0 aromatic carbocycles. The van der Waals surface area contributed by atoms with Crippen LogP contribution in [0.3, 0.4) is 0 Å². The maximum absolute atomic E-state index is 12.1. The first-order valence-electron chi connectivity index (χ1n) is 8.55. The van der Waals surface area contributed by atoms with Gasteiger partial charge >= 0.3 is 12.3 Å². The number of imidazole rings is 1. The topological polar surface area (TPSA) is 97.6 Å². The maximum Gasteiger partial charge on any atom is 0.407 e. The van der Waals surface area contributed by atoms with Gasteiger partial charge in [0.2, 0.25) is 11.7 Å². The van der Waals surface area contributed by atoms with Crippen LogP contribution in [0.15, 0.2) is 18.5 Å². The molecule has 2 aromatic heterocycles. The van der Waals surface area contributed by atoms with Gasteiger partial charge in [-0.1, -0.05) is 0 Å². The maximum atomic E-state index is 12.1. The number of hydrogen-bond acceptors (Lipinski definition) is 5. The molecule has 0 saturated carbocycles. The van der Waals surface area contributed by atoms with Crippen LogP contribution in [0.1, 0.15) is 45.0 Å². The monoisotopic (exact) mass is 401 g/mol. The second-order valence-corrected chi connectivity index (χ2v) is 7.11. The normalized spacial score (nSPS) is 12.1. The number of amides is 2. The molecule has 154 valence electrons. The van der Waals surface area contributed by atoms with Crippen molar-refractivity contribution in [2.45, 2.75) is 58.5 Å². The van der Waals surface area contributed by atoms with Gasteiger partial charge in [-0.2, -0.15) is 13.2 Å². The second-order valence-electron chi connectivity index (χ2n) is 7.11. The number of ether oxygens (including phenoxy) is 1. The lowest BCUT2D eigenvalue weighted by Gasteiger charge is -2.19. The molecule has 0 unspecified atom stereocenters. The molecule has 0 aliphatic heterocycles. The second kappa shape index (κ2) is 8.44. The van der Waals surface area contributed by atoms with Gasteiger partial charge in [-0.15, -0.1) is 0 Å². The summed E-state index contributed by atoms with van der Waals surface area (Å²) in [6, 6.07) is 1.61. The summed E-state index contributed by atoms with van der Waals surface area (Å²) in [6.07, 6.45) is -3.40. The molecule has 11 heteroatoms. The van der Waals surface area contributed by atoms with E-state index >= 15 is 0 Å². The van der Waals surface area contributed by atoms with Crippen LogP contribution in [0, 0.1) is 0 Å². The first kappa shape index (κ1) is 21.5. The Balaban J connectivity index is 1.90. The number of alkyl carbamates (subject to hydrolysis) is 1. The molecular formula is C17H22F3N5O3. The molecule has 0 aliphatic carbocycles. The number of fused-ring (bicyclic) bond motifs is 1. The Bertz CT molecular complexity index is 843. The molecular weight excluding hydrogens is 379 g/mol. The highest BCUT2D eigenvalue weighted by Crippen LogP contribution is 2.21. The van der Waals surface area contributed by atoms with Crippen LogP contribution in [0.25, 0.3) is 5.78 Å². The van der Waals surface area contributed by atoms with E-state index in [1.165, 1.54) is 0 Å². The molecule has 2 heterocycles. The molecule has 0 bridgehead atoms. The number of carbonyl (C=O) groups excluding carboxylic acids is 2. The van der Waals surface area contributed by atoms with Crippen LogP contribution in [0.2, 0.25) is 0 Å². The summed E-state index contributed by atoms with van der Waals surface area (Å²) in [5.41, 5.74) is 0.388. The number of aromatic nitrogens is 3. The van der Waals surface area contributed by atoms with Gasteiger partial charge in [-0.25, -0.2) is 14.8 Å². The fraction of sp³-hybridized carbons (Fsp3) is 0.529. The highest BCUT2D eigenvalue weighted by molar-refractivity contribution is 5.75. The lowest BCUT2D eigenvalue weighted by molar-refractivity contribution is -0.144. The van der Waals surface area contributed by atoms with Gasteiger partial charge in [0.25, 0.3) is 0 Å². The summed E-state index contributed by atoms with van der Waals surface area (Å²) >= 11 is 0. The molecule has 28 heavy (non-hydrogen) atoms. The van der Waals surface area contributed by atoms with E-state index in [0.717, 1.165) is 0 Å². The summed E-state index contributed by atoms with van der Waals surface area (Å²) in [5, 5.41) is 4.98. The van der Waals surface area contributed by atoms with E-state index < -0.39 is 36.6 Å². The fourth-order valence-electron chi connectivity index (χ4n) is 2.15. The van der Waals surface area contributed by atoms with Gasteiger partial charge in [-0.3, -0.25) is 9.20 Å². The molecule has 2 amide bonds. The molecule has 0 fully saturated rings. The van der Waals surface area contributed by atoms with Crippen LogP contribution in [-0.2, 0) is 22.6 Å².